The molecule has 2 amide bonds. The molecule has 1 aliphatic rings. The number of carbonyl (C=O) groups is 2. The normalized spacial score (nSPS) is 26.1. The molecule has 2 atom stereocenters. The van der Waals surface area contributed by atoms with Gasteiger partial charge in [-0.2, -0.15) is 0 Å². The lowest BCUT2D eigenvalue weighted by atomic mass is 9.76. The maximum absolute atomic E-state index is 11.8. The average Bonchev–Trinajstić information content (AvgIpc) is 2.38. The van der Waals surface area contributed by atoms with Crippen molar-refractivity contribution in [3.05, 3.63) is 0 Å². The zero-order valence-electron chi connectivity index (χ0n) is 12.3. The fourth-order valence-corrected chi connectivity index (χ4v) is 3.15. The smallest absolute Gasteiger partial charge is 0.329 e. The van der Waals surface area contributed by atoms with E-state index >= 15 is 0 Å². The summed E-state index contributed by atoms with van der Waals surface area (Å²) in [4.78, 5) is 23.3. The van der Waals surface area contributed by atoms with Crippen molar-refractivity contribution < 1.29 is 23.1 Å². The van der Waals surface area contributed by atoms with Crippen LogP contribution in [0.15, 0.2) is 0 Å². The second-order valence-corrected chi connectivity index (χ2v) is 7.54. The highest BCUT2D eigenvalue weighted by Crippen LogP contribution is 2.32. The first kappa shape index (κ1) is 17.7. The van der Waals surface area contributed by atoms with Crippen LogP contribution < -0.4 is 15.4 Å². The van der Waals surface area contributed by atoms with Crippen molar-refractivity contribution in [2.24, 2.45) is 5.92 Å². The Hall–Kier alpha value is -1.35. The van der Waals surface area contributed by atoms with E-state index in [1.165, 1.54) is 7.05 Å². The number of amides is 2. The fraction of sp³-hybridized carbons (Fsp3) is 0.833. The van der Waals surface area contributed by atoms with Crippen LogP contribution in [-0.2, 0) is 14.8 Å². The maximum atomic E-state index is 11.8. The summed E-state index contributed by atoms with van der Waals surface area (Å²) in [5.41, 5.74) is -1.26. The molecule has 0 bridgehead atoms. The van der Waals surface area contributed by atoms with Crippen LogP contribution in [0, 0.1) is 5.92 Å². The summed E-state index contributed by atoms with van der Waals surface area (Å²) in [5.74, 6) is -1.08. The van der Waals surface area contributed by atoms with Crippen LogP contribution in [0.3, 0.4) is 0 Å². The number of carbonyl (C=O) groups excluding carboxylic acids is 1. The van der Waals surface area contributed by atoms with Gasteiger partial charge in [0.2, 0.25) is 10.0 Å². The first-order valence-corrected chi connectivity index (χ1v) is 8.56. The number of hydrogen-bond donors (Lipinski definition) is 4. The first-order chi connectivity index (χ1) is 9.71. The van der Waals surface area contributed by atoms with Gasteiger partial charge in [0.05, 0.1) is 5.75 Å². The van der Waals surface area contributed by atoms with Crippen LogP contribution >= 0.6 is 0 Å². The lowest BCUT2D eigenvalue weighted by Gasteiger charge is -2.36. The molecular formula is C12H23N3O5S. The summed E-state index contributed by atoms with van der Waals surface area (Å²) < 4.78 is 24.6. The molecule has 21 heavy (non-hydrogen) atoms. The monoisotopic (exact) mass is 321 g/mol. The van der Waals surface area contributed by atoms with Gasteiger partial charge in [-0.1, -0.05) is 19.8 Å². The van der Waals surface area contributed by atoms with Gasteiger partial charge in [0.15, 0.2) is 0 Å². The van der Waals surface area contributed by atoms with E-state index < -0.39 is 27.6 Å². The third-order valence-electron chi connectivity index (χ3n) is 3.73. The van der Waals surface area contributed by atoms with Gasteiger partial charge in [-0.25, -0.2) is 22.7 Å². The van der Waals surface area contributed by atoms with E-state index in [2.05, 4.69) is 15.4 Å². The van der Waals surface area contributed by atoms with Crippen molar-refractivity contribution >= 4 is 22.0 Å². The minimum Gasteiger partial charge on any atom is -0.480 e. The van der Waals surface area contributed by atoms with Crippen molar-refractivity contribution in [2.75, 3.05) is 19.3 Å². The van der Waals surface area contributed by atoms with Crippen LogP contribution in [0.1, 0.15) is 32.6 Å². The molecule has 1 aliphatic carbocycles. The molecule has 0 aromatic carbocycles. The van der Waals surface area contributed by atoms with Gasteiger partial charge in [-0.3, -0.25) is 0 Å². The molecule has 0 radical (unpaired) electrons. The Morgan fingerprint density at radius 1 is 1.38 bits per heavy atom. The van der Waals surface area contributed by atoms with Gasteiger partial charge in [-0.15, -0.1) is 0 Å². The second kappa shape index (κ2) is 7.08. The number of rotatable bonds is 6. The number of nitrogens with one attached hydrogen (secondary N) is 3. The van der Waals surface area contributed by atoms with Gasteiger partial charge < -0.3 is 15.7 Å². The average molecular weight is 321 g/mol. The molecule has 1 rings (SSSR count). The molecule has 1 fully saturated rings. The van der Waals surface area contributed by atoms with Crippen LogP contribution in [0.25, 0.3) is 0 Å². The van der Waals surface area contributed by atoms with E-state index in [0.29, 0.717) is 12.8 Å². The van der Waals surface area contributed by atoms with Gasteiger partial charge in [0.1, 0.15) is 5.54 Å². The molecule has 9 heteroatoms. The summed E-state index contributed by atoms with van der Waals surface area (Å²) in [6, 6.07) is -0.655. The molecule has 0 aliphatic heterocycles. The van der Waals surface area contributed by atoms with Gasteiger partial charge in [0, 0.05) is 6.54 Å². The lowest BCUT2D eigenvalue weighted by Crippen LogP contribution is -2.59. The zero-order chi connectivity index (χ0) is 16.1. The first-order valence-electron chi connectivity index (χ1n) is 6.91. The Morgan fingerprint density at radius 3 is 2.57 bits per heavy atom. The number of carboxylic acids is 1. The highest BCUT2D eigenvalue weighted by atomic mass is 32.2. The highest BCUT2D eigenvalue weighted by Gasteiger charge is 2.43. The van der Waals surface area contributed by atoms with Crippen molar-refractivity contribution in [1.29, 1.82) is 0 Å². The van der Waals surface area contributed by atoms with E-state index in [1.807, 2.05) is 6.92 Å². The van der Waals surface area contributed by atoms with Crippen molar-refractivity contribution in [1.82, 2.24) is 15.4 Å². The standard InChI is InChI=1S/C12H23N3O5S/c1-9-4-3-5-12(8-9,10(16)17)15-11(18)14-6-7-21(19,20)13-2/h9,13H,3-8H2,1-2H3,(H,16,17)(H2,14,15,18). The van der Waals surface area contributed by atoms with E-state index in [9.17, 15) is 23.1 Å². The SMILES string of the molecule is CNS(=O)(=O)CCNC(=O)NC1(C(=O)O)CCCC(C)C1. The van der Waals surface area contributed by atoms with Gasteiger partial charge in [-0.05, 0) is 25.8 Å². The zero-order valence-corrected chi connectivity index (χ0v) is 13.1. The van der Waals surface area contributed by atoms with Gasteiger partial charge >= 0.3 is 12.0 Å². The molecule has 4 N–H and O–H groups in total. The van der Waals surface area contributed by atoms with Crippen molar-refractivity contribution in [2.45, 2.75) is 38.1 Å². The molecule has 0 aromatic rings. The lowest BCUT2D eigenvalue weighted by molar-refractivity contribution is -0.146. The Kier molecular flexibility index (Phi) is 5.97. The summed E-state index contributed by atoms with van der Waals surface area (Å²) in [5, 5.41) is 14.3. The highest BCUT2D eigenvalue weighted by molar-refractivity contribution is 7.89. The summed E-state index contributed by atoms with van der Waals surface area (Å²) in [6.45, 7) is 1.87. The van der Waals surface area contributed by atoms with Crippen molar-refractivity contribution in [3.8, 4) is 0 Å². The van der Waals surface area contributed by atoms with Crippen LogP contribution in [-0.4, -0.2) is 50.4 Å². The third kappa shape index (κ3) is 5.16. The van der Waals surface area contributed by atoms with Crippen molar-refractivity contribution in [3.63, 3.8) is 0 Å². The Balaban J connectivity index is 2.56. The third-order valence-corrected chi connectivity index (χ3v) is 5.09. The molecular weight excluding hydrogens is 298 g/mol. The molecule has 8 nitrogen and oxygen atoms in total. The second-order valence-electron chi connectivity index (χ2n) is 5.49. The topological polar surface area (TPSA) is 125 Å². The number of carboxylic acid groups (broad SMARTS) is 1. The Bertz CT molecular complexity index is 493. The summed E-state index contributed by atoms with van der Waals surface area (Å²) >= 11 is 0. The molecule has 0 saturated heterocycles. The van der Waals surface area contributed by atoms with E-state index in [1.54, 1.807) is 0 Å². The molecule has 0 spiro atoms. The van der Waals surface area contributed by atoms with Crippen LogP contribution in [0.5, 0.6) is 0 Å². The van der Waals surface area contributed by atoms with Gasteiger partial charge in [0.25, 0.3) is 0 Å². The molecule has 1 saturated carbocycles. The number of aliphatic carboxylic acids is 1. The number of sulfonamides is 1. The minimum absolute atomic E-state index is 0.0831. The van der Waals surface area contributed by atoms with E-state index in [4.69, 9.17) is 0 Å². The summed E-state index contributed by atoms with van der Waals surface area (Å²) in [6.07, 6.45) is 2.44. The van der Waals surface area contributed by atoms with E-state index in [-0.39, 0.29) is 18.2 Å². The quantitative estimate of drug-likeness (QED) is 0.542. The number of urea groups is 1. The van der Waals surface area contributed by atoms with Crippen LogP contribution in [0.4, 0.5) is 4.79 Å². The Labute approximate surface area is 124 Å². The Morgan fingerprint density at radius 2 is 2.05 bits per heavy atom. The molecule has 0 aromatic heterocycles. The van der Waals surface area contributed by atoms with E-state index in [0.717, 1.165) is 12.8 Å². The number of hydrogen-bond acceptors (Lipinski definition) is 4. The van der Waals surface area contributed by atoms with Crippen LogP contribution in [0.2, 0.25) is 0 Å². The fourth-order valence-electron chi connectivity index (χ4n) is 2.58. The molecule has 0 heterocycles. The maximum Gasteiger partial charge on any atom is 0.329 e. The summed E-state index contributed by atoms with van der Waals surface area (Å²) in [7, 11) is -2.11. The minimum atomic E-state index is -3.40. The largest absolute Gasteiger partial charge is 0.480 e. The predicted molar refractivity (Wildman–Crippen MR) is 77.4 cm³/mol. The molecule has 122 valence electrons. The predicted octanol–water partition coefficient (Wildman–Crippen LogP) is -0.132. The molecule has 2 unspecified atom stereocenters.